The largest absolute Gasteiger partial charge is 0.376 e. The number of carbonyl (C=O) groups excluding carboxylic acids is 2. The van der Waals surface area contributed by atoms with Crippen LogP contribution in [-0.2, 0) is 11.3 Å². The van der Waals surface area contributed by atoms with Gasteiger partial charge in [0.25, 0.3) is 11.8 Å². The molecule has 4 heterocycles. The first-order chi connectivity index (χ1) is 19.6. The number of hydrogen-bond donors (Lipinski definition) is 2. The number of nitrogens with zero attached hydrogens (tertiary/aromatic N) is 5. The fraction of sp³-hybridized carbons (Fsp3) is 0.433. The first-order valence-electron chi connectivity index (χ1n) is 14.4. The third-order valence-corrected chi connectivity index (χ3v) is 7.95. The van der Waals surface area contributed by atoms with Crippen LogP contribution in [0.15, 0.2) is 42.6 Å². The van der Waals surface area contributed by atoms with E-state index < -0.39 is 0 Å². The second-order valence-corrected chi connectivity index (χ2v) is 11.0. The number of aryl methyl sites for hydroxylation is 1. The second-order valence-electron chi connectivity index (χ2n) is 11.0. The van der Waals surface area contributed by atoms with E-state index in [0.717, 1.165) is 67.6 Å². The average molecular weight is 540 g/mol. The number of aromatic nitrogens is 5. The van der Waals surface area contributed by atoms with Gasteiger partial charge in [0.05, 0.1) is 34.1 Å². The summed E-state index contributed by atoms with van der Waals surface area (Å²) in [5.74, 6) is 0.0516. The number of anilines is 1. The summed E-state index contributed by atoms with van der Waals surface area (Å²) >= 11 is 0. The number of ether oxygens (including phenoxy) is 1. The SMILES string of the molecule is CCn1cc(NC(=O)c2cc(C3CC3)nc3c2c(C2CC2)nn3-c2ccccc2)c(C(=O)NCC2CCCO2)n1. The highest BCUT2D eigenvalue weighted by Gasteiger charge is 2.35. The maximum atomic E-state index is 14.0. The van der Waals surface area contributed by atoms with E-state index in [1.165, 1.54) is 0 Å². The lowest BCUT2D eigenvalue weighted by Gasteiger charge is -2.11. The highest BCUT2D eigenvalue weighted by atomic mass is 16.5. The lowest BCUT2D eigenvalue weighted by atomic mass is 10.0. The van der Waals surface area contributed by atoms with Crippen LogP contribution in [0.1, 0.15) is 89.5 Å². The molecule has 2 aliphatic carbocycles. The van der Waals surface area contributed by atoms with Crippen LogP contribution in [0.4, 0.5) is 5.69 Å². The van der Waals surface area contributed by atoms with Gasteiger partial charge in [0.2, 0.25) is 0 Å². The van der Waals surface area contributed by atoms with Crippen LogP contribution in [0.2, 0.25) is 0 Å². The molecule has 0 bridgehead atoms. The van der Waals surface area contributed by atoms with Gasteiger partial charge in [-0.1, -0.05) is 18.2 Å². The Kier molecular flexibility index (Phi) is 6.34. The monoisotopic (exact) mass is 539 g/mol. The normalized spacial score (nSPS) is 18.8. The zero-order valence-electron chi connectivity index (χ0n) is 22.6. The lowest BCUT2D eigenvalue weighted by molar-refractivity contribution is 0.0853. The summed E-state index contributed by atoms with van der Waals surface area (Å²) in [5, 5.41) is 16.2. The quantitative estimate of drug-likeness (QED) is 0.322. The van der Waals surface area contributed by atoms with Crippen molar-refractivity contribution >= 4 is 28.5 Å². The van der Waals surface area contributed by atoms with E-state index >= 15 is 0 Å². The third-order valence-electron chi connectivity index (χ3n) is 7.95. The number of pyridine rings is 1. The van der Waals surface area contributed by atoms with Gasteiger partial charge in [-0.3, -0.25) is 14.3 Å². The summed E-state index contributed by atoms with van der Waals surface area (Å²) in [7, 11) is 0. The number of benzene rings is 1. The number of nitrogens with one attached hydrogen (secondary N) is 2. The summed E-state index contributed by atoms with van der Waals surface area (Å²) in [5.41, 5.74) is 4.59. The van der Waals surface area contributed by atoms with Crippen molar-refractivity contribution in [2.24, 2.45) is 0 Å². The molecule has 2 saturated carbocycles. The Hall–Kier alpha value is -4.05. The minimum Gasteiger partial charge on any atom is -0.376 e. The molecular formula is C30H33N7O3. The van der Waals surface area contributed by atoms with E-state index in [1.54, 1.807) is 10.9 Å². The molecule has 10 nitrogen and oxygen atoms in total. The van der Waals surface area contributed by atoms with Gasteiger partial charge in [-0.05, 0) is 63.6 Å². The summed E-state index contributed by atoms with van der Waals surface area (Å²) in [6.45, 7) is 3.66. The Morgan fingerprint density at radius 1 is 1.02 bits per heavy atom. The van der Waals surface area contributed by atoms with Crippen molar-refractivity contribution in [3.63, 3.8) is 0 Å². The van der Waals surface area contributed by atoms with Crippen LogP contribution in [0, 0.1) is 0 Å². The Labute approximate surface area is 232 Å². The van der Waals surface area contributed by atoms with Gasteiger partial charge in [0, 0.05) is 43.4 Å². The van der Waals surface area contributed by atoms with Crippen molar-refractivity contribution in [2.75, 3.05) is 18.5 Å². The molecule has 10 heteroatoms. The van der Waals surface area contributed by atoms with Crippen LogP contribution in [0.5, 0.6) is 0 Å². The van der Waals surface area contributed by atoms with Crippen molar-refractivity contribution in [3.05, 3.63) is 65.2 Å². The smallest absolute Gasteiger partial charge is 0.274 e. The van der Waals surface area contributed by atoms with Gasteiger partial charge in [0.1, 0.15) is 0 Å². The van der Waals surface area contributed by atoms with Crippen LogP contribution < -0.4 is 10.6 Å². The minimum absolute atomic E-state index is 0.0168. The zero-order chi connectivity index (χ0) is 27.2. The predicted octanol–water partition coefficient (Wildman–Crippen LogP) is 4.55. The van der Waals surface area contributed by atoms with E-state index in [1.807, 2.05) is 48.0 Å². The number of hydrogen-bond acceptors (Lipinski definition) is 6. The van der Waals surface area contributed by atoms with Crippen molar-refractivity contribution in [2.45, 2.75) is 69.9 Å². The van der Waals surface area contributed by atoms with Crippen LogP contribution in [0.3, 0.4) is 0 Å². The first kappa shape index (κ1) is 25.0. The second kappa shape index (κ2) is 10.2. The summed E-state index contributed by atoms with van der Waals surface area (Å²) in [4.78, 5) is 32.2. The summed E-state index contributed by atoms with van der Waals surface area (Å²) in [6, 6.07) is 11.9. The van der Waals surface area contributed by atoms with Crippen molar-refractivity contribution in [3.8, 4) is 5.69 Å². The van der Waals surface area contributed by atoms with Crippen LogP contribution >= 0.6 is 0 Å². The third kappa shape index (κ3) is 4.77. The fourth-order valence-electron chi connectivity index (χ4n) is 5.45. The van der Waals surface area contributed by atoms with Crippen LogP contribution in [-0.4, -0.2) is 55.6 Å². The van der Waals surface area contributed by atoms with Gasteiger partial charge in [-0.2, -0.15) is 10.2 Å². The zero-order valence-corrected chi connectivity index (χ0v) is 22.6. The van der Waals surface area contributed by atoms with E-state index in [-0.39, 0.29) is 23.6 Å². The van der Waals surface area contributed by atoms with E-state index in [0.29, 0.717) is 41.8 Å². The molecule has 7 rings (SSSR count). The molecule has 1 atom stereocenters. The molecule has 3 aliphatic rings. The van der Waals surface area contributed by atoms with Gasteiger partial charge >= 0.3 is 0 Å². The van der Waals surface area contributed by atoms with Crippen LogP contribution in [0.25, 0.3) is 16.7 Å². The number of fused-ring (bicyclic) bond motifs is 1. The Morgan fingerprint density at radius 2 is 1.82 bits per heavy atom. The van der Waals surface area contributed by atoms with E-state index in [2.05, 4.69) is 15.7 Å². The average Bonchev–Trinajstić information content (AvgIpc) is 3.88. The molecule has 1 aliphatic heterocycles. The molecule has 0 radical (unpaired) electrons. The predicted molar refractivity (Wildman–Crippen MR) is 150 cm³/mol. The molecule has 0 spiro atoms. The van der Waals surface area contributed by atoms with Gasteiger partial charge in [-0.15, -0.1) is 0 Å². The number of amides is 2. The Balaban J connectivity index is 1.26. The maximum Gasteiger partial charge on any atom is 0.274 e. The molecule has 1 aromatic carbocycles. The highest BCUT2D eigenvalue weighted by molar-refractivity contribution is 6.14. The number of carbonyl (C=O) groups is 2. The summed E-state index contributed by atoms with van der Waals surface area (Å²) in [6.07, 6.45) is 7.88. The molecule has 1 unspecified atom stereocenters. The lowest BCUT2D eigenvalue weighted by Crippen LogP contribution is -2.32. The minimum atomic E-state index is -0.327. The van der Waals surface area contributed by atoms with Crippen molar-refractivity contribution in [1.29, 1.82) is 0 Å². The molecule has 1 saturated heterocycles. The number of rotatable bonds is 9. The van der Waals surface area contributed by atoms with Crippen molar-refractivity contribution < 1.29 is 14.3 Å². The molecule has 40 heavy (non-hydrogen) atoms. The molecule has 2 N–H and O–H groups in total. The summed E-state index contributed by atoms with van der Waals surface area (Å²) < 4.78 is 9.18. The Morgan fingerprint density at radius 3 is 2.52 bits per heavy atom. The topological polar surface area (TPSA) is 116 Å². The first-order valence-corrected chi connectivity index (χ1v) is 14.4. The molecule has 2 amide bonds. The van der Waals surface area contributed by atoms with E-state index in [9.17, 15) is 9.59 Å². The highest BCUT2D eigenvalue weighted by Crippen LogP contribution is 2.45. The van der Waals surface area contributed by atoms with Gasteiger partial charge < -0.3 is 15.4 Å². The molecule has 206 valence electrons. The molecule has 3 aromatic heterocycles. The van der Waals surface area contributed by atoms with Crippen molar-refractivity contribution in [1.82, 2.24) is 29.9 Å². The van der Waals surface area contributed by atoms with Gasteiger partial charge in [0.15, 0.2) is 11.3 Å². The molecule has 3 fully saturated rings. The fourth-order valence-corrected chi connectivity index (χ4v) is 5.45. The Bertz CT molecular complexity index is 1580. The standard InChI is InChI=1S/C30H33N7O3/c1-2-36-17-24(27(34-36)30(39)31-16-21-9-6-14-40-21)33-29(38)22-15-23(18-10-11-18)32-28-25(22)26(19-12-13-19)35-37(28)20-7-4-3-5-8-20/h3-5,7-8,15,17-19,21H,2,6,9-14,16H2,1H3,(H,31,39)(H,33,38). The maximum absolute atomic E-state index is 14.0. The molecular weight excluding hydrogens is 506 g/mol. The van der Waals surface area contributed by atoms with Gasteiger partial charge in [-0.25, -0.2) is 9.67 Å². The molecule has 4 aromatic rings. The number of para-hydroxylation sites is 1. The van der Waals surface area contributed by atoms with E-state index in [4.69, 9.17) is 14.8 Å².